The van der Waals surface area contributed by atoms with E-state index >= 15 is 0 Å². The number of amides is 2. The number of nitrogens with one attached hydrogen (secondary N) is 1. The van der Waals surface area contributed by atoms with Crippen molar-refractivity contribution in [3.8, 4) is 0 Å². The van der Waals surface area contributed by atoms with Crippen LogP contribution in [0.15, 0.2) is 30.3 Å². The van der Waals surface area contributed by atoms with E-state index in [1.165, 1.54) is 4.90 Å². The molecule has 0 bridgehead atoms. The van der Waals surface area contributed by atoms with E-state index in [1.807, 2.05) is 37.3 Å². The summed E-state index contributed by atoms with van der Waals surface area (Å²) in [6.45, 7) is 4.63. The van der Waals surface area contributed by atoms with Crippen molar-refractivity contribution in [2.45, 2.75) is 32.7 Å². The lowest BCUT2D eigenvalue weighted by atomic mass is 9.98. The normalized spacial score (nSPS) is 18.6. The summed E-state index contributed by atoms with van der Waals surface area (Å²) in [4.78, 5) is 37.8. The minimum atomic E-state index is -0.643. The molecule has 0 saturated carbocycles. The standard InChI is InChI=1S/C18H24N2O4/c1-3-24-18(23)15-10-7-11-20(12-15)17(22)16(21)19-13(2)14-8-5-4-6-9-14/h4-6,8-9,13,15H,3,7,10-12H2,1-2H3,(H,19,21). The Balaban J connectivity index is 1.92. The first-order chi connectivity index (χ1) is 11.5. The SMILES string of the molecule is CCOC(=O)C1CCCN(C(=O)C(=O)NC(C)c2ccccc2)C1. The Labute approximate surface area is 142 Å². The van der Waals surface area contributed by atoms with Crippen LogP contribution in [-0.2, 0) is 19.1 Å². The van der Waals surface area contributed by atoms with Crippen molar-refractivity contribution in [2.75, 3.05) is 19.7 Å². The molecule has 1 aromatic rings. The van der Waals surface area contributed by atoms with Crippen molar-refractivity contribution in [2.24, 2.45) is 5.92 Å². The Morgan fingerprint density at radius 2 is 2.00 bits per heavy atom. The fraction of sp³-hybridized carbons (Fsp3) is 0.500. The number of likely N-dealkylation sites (tertiary alicyclic amines) is 1. The molecule has 0 radical (unpaired) electrons. The van der Waals surface area contributed by atoms with Gasteiger partial charge in [-0.1, -0.05) is 30.3 Å². The van der Waals surface area contributed by atoms with Gasteiger partial charge in [0.1, 0.15) is 0 Å². The number of carbonyl (C=O) groups is 3. The molecule has 6 nitrogen and oxygen atoms in total. The number of ether oxygens (including phenoxy) is 1. The molecule has 1 aliphatic rings. The fourth-order valence-corrected chi connectivity index (χ4v) is 2.84. The van der Waals surface area contributed by atoms with Gasteiger partial charge >= 0.3 is 17.8 Å². The highest BCUT2D eigenvalue weighted by Gasteiger charge is 2.32. The van der Waals surface area contributed by atoms with Gasteiger partial charge in [-0.15, -0.1) is 0 Å². The Morgan fingerprint density at radius 3 is 2.67 bits per heavy atom. The number of benzene rings is 1. The molecule has 0 aliphatic carbocycles. The van der Waals surface area contributed by atoms with Crippen LogP contribution in [0, 0.1) is 5.92 Å². The summed E-state index contributed by atoms with van der Waals surface area (Å²) in [6, 6.07) is 9.20. The lowest BCUT2D eigenvalue weighted by molar-refractivity contribution is -0.154. The maximum atomic E-state index is 12.4. The van der Waals surface area contributed by atoms with E-state index in [0.717, 1.165) is 5.56 Å². The molecule has 2 unspecified atom stereocenters. The topological polar surface area (TPSA) is 75.7 Å². The number of hydrogen-bond donors (Lipinski definition) is 1. The van der Waals surface area contributed by atoms with Gasteiger partial charge in [0, 0.05) is 13.1 Å². The molecule has 0 aromatic heterocycles. The zero-order chi connectivity index (χ0) is 17.5. The van der Waals surface area contributed by atoms with Gasteiger partial charge in [0.25, 0.3) is 0 Å². The third kappa shape index (κ3) is 4.57. The number of esters is 1. The van der Waals surface area contributed by atoms with E-state index in [0.29, 0.717) is 26.0 Å². The van der Waals surface area contributed by atoms with Crippen molar-refractivity contribution in [3.63, 3.8) is 0 Å². The van der Waals surface area contributed by atoms with E-state index in [-0.39, 0.29) is 24.5 Å². The Morgan fingerprint density at radius 1 is 1.29 bits per heavy atom. The molecule has 1 fully saturated rings. The molecular formula is C18H24N2O4. The molecule has 1 N–H and O–H groups in total. The van der Waals surface area contributed by atoms with Crippen LogP contribution in [0.3, 0.4) is 0 Å². The van der Waals surface area contributed by atoms with Crippen LogP contribution in [0.1, 0.15) is 38.3 Å². The first kappa shape index (κ1) is 18.0. The van der Waals surface area contributed by atoms with Crippen molar-refractivity contribution in [3.05, 3.63) is 35.9 Å². The second-order valence-electron chi connectivity index (χ2n) is 5.95. The largest absolute Gasteiger partial charge is 0.466 e. The van der Waals surface area contributed by atoms with Gasteiger partial charge in [-0.3, -0.25) is 14.4 Å². The van der Waals surface area contributed by atoms with E-state index in [2.05, 4.69) is 5.32 Å². The monoisotopic (exact) mass is 332 g/mol. The van der Waals surface area contributed by atoms with E-state index in [4.69, 9.17) is 4.74 Å². The average Bonchev–Trinajstić information content (AvgIpc) is 2.62. The highest BCUT2D eigenvalue weighted by molar-refractivity contribution is 6.35. The van der Waals surface area contributed by atoms with Crippen LogP contribution in [0.4, 0.5) is 0 Å². The van der Waals surface area contributed by atoms with Gasteiger partial charge in [0.05, 0.1) is 18.6 Å². The number of nitrogens with zero attached hydrogens (tertiary/aromatic N) is 1. The summed E-state index contributed by atoms with van der Waals surface area (Å²) < 4.78 is 5.01. The summed E-state index contributed by atoms with van der Waals surface area (Å²) in [5, 5.41) is 2.72. The van der Waals surface area contributed by atoms with Gasteiger partial charge < -0.3 is 15.0 Å². The molecule has 2 rings (SSSR count). The van der Waals surface area contributed by atoms with Crippen LogP contribution < -0.4 is 5.32 Å². The second-order valence-corrected chi connectivity index (χ2v) is 5.95. The molecule has 1 saturated heterocycles. The smallest absolute Gasteiger partial charge is 0.311 e. The van der Waals surface area contributed by atoms with Crippen LogP contribution in [-0.4, -0.2) is 42.4 Å². The van der Waals surface area contributed by atoms with E-state index < -0.39 is 11.8 Å². The van der Waals surface area contributed by atoms with Crippen molar-refractivity contribution < 1.29 is 19.1 Å². The summed E-state index contributed by atoms with van der Waals surface area (Å²) in [6.07, 6.45) is 1.38. The summed E-state index contributed by atoms with van der Waals surface area (Å²) >= 11 is 0. The molecule has 1 aromatic carbocycles. The zero-order valence-corrected chi connectivity index (χ0v) is 14.2. The zero-order valence-electron chi connectivity index (χ0n) is 14.2. The lowest BCUT2D eigenvalue weighted by Gasteiger charge is -2.31. The van der Waals surface area contributed by atoms with Crippen LogP contribution in [0.5, 0.6) is 0 Å². The van der Waals surface area contributed by atoms with Crippen molar-refractivity contribution >= 4 is 17.8 Å². The minimum absolute atomic E-state index is 0.241. The van der Waals surface area contributed by atoms with Gasteiger partial charge in [0.15, 0.2) is 0 Å². The van der Waals surface area contributed by atoms with Crippen LogP contribution in [0.2, 0.25) is 0 Å². The summed E-state index contributed by atoms with van der Waals surface area (Å²) in [5.74, 6) is -1.88. The summed E-state index contributed by atoms with van der Waals surface area (Å²) in [5.41, 5.74) is 0.932. The Hall–Kier alpha value is -2.37. The third-order valence-electron chi connectivity index (χ3n) is 4.17. The molecule has 24 heavy (non-hydrogen) atoms. The van der Waals surface area contributed by atoms with Crippen LogP contribution in [0.25, 0.3) is 0 Å². The predicted octanol–water partition coefficient (Wildman–Crippen LogP) is 1.67. The van der Waals surface area contributed by atoms with Gasteiger partial charge in [-0.05, 0) is 32.3 Å². The lowest BCUT2D eigenvalue weighted by Crippen LogP contribution is -2.49. The Bertz CT molecular complexity index is 588. The fourth-order valence-electron chi connectivity index (χ4n) is 2.84. The quantitative estimate of drug-likeness (QED) is 0.672. The first-order valence-electron chi connectivity index (χ1n) is 8.34. The predicted molar refractivity (Wildman–Crippen MR) is 88.9 cm³/mol. The second kappa shape index (κ2) is 8.47. The number of piperidine rings is 1. The molecular weight excluding hydrogens is 308 g/mol. The number of rotatable bonds is 4. The Kier molecular flexibility index (Phi) is 6.35. The van der Waals surface area contributed by atoms with Gasteiger partial charge in [0.2, 0.25) is 0 Å². The van der Waals surface area contributed by atoms with E-state index in [9.17, 15) is 14.4 Å². The van der Waals surface area contributed by atoms with Crippen molar-refractivity contribution in [1.29, 1.82) is 0 Å². The molecule has 0 spiro atoms. The maximum absolute atomic E-state index is 12.4. The molecule has 6 heteroatoms. The number of hydrogen-bond acceptors (Lipinski definition) is 4. The number of carbonyl (C=O) groups excluding carboxylic acids is 3. The maximum Gasteiger partial charge on any atom is 0.311 e. The average molecular weight is 332 g/mol. The molecule has 1 aliphatic heterocycles. The molecule has 2 atom stereocenters. The van der Waals surface area contributed by atoms with E-state index in [1.54, 1.807) is 6.92 Å². The van der Waals surface area contributed by atoms with Crippen LogP contribution >= 0.6 is 0 Å². The third-order valence-corrected chi connectivity index (χ3v) is 4.17. The molecule has 2 amide bonds. The summed E-state index contributed by atoms with van der Waals surface area (Å²) in [7, 11) is 0. The minimum Gasteiger partial charge on any atom is -0.466 e. The highest BCUT2D eigenvalue weighted by Crippen LogP contribution is 2.18. The highest BCUT2D eigenvalue weighted by atomic mass is 16.5. The molecule has 130 valence electrons. The van der Waals surface area contributed by atoms with Gasteiger partial charge in [-0.25, -0.2) is 0 Å². The first-order valence-corrected chi connectivity index (χ1v) is 8.34. The van der Waals surface area contributed by atoms with Crippen molar-refractivity contribution in [1.82, 2.24) is 10.2 Å². The van der Waals surface area contributed by atoms with Gasteiger partial charge in [-0.2, -0.15) is 0 Å². The molecule has 1 heterocycles.